The molecule has 304 valence electrons. The lowest BCUT2D eigenvalue weighted by molar-refractivity contribution is 0.661. The summed E-state index contributed by atoms with van der Waals surface area (Å²) in [5.74, 6) is 1.71. The second kappa shape index (κ2) is 13.3. The summed E-state index contributed by atoms with van der Waals surface area (Å²) in [6, 6.07) is 69.6. The van der Waals surface area contributed by atoms with Gasteiger partial charge in [0, 0.05) is 49.0 Å². The van der Waals surface area contributed by atoms with Crippen LogP contribution in [0.25, 0.3) is 127 Å². The van der Waals surface area contributed by atoms with E-state index in [4.69, 9.17) is 19.4 Å². The number of nitrogens with zero attached hydrogens (tertiary/aromatic N) is 4. The lowest BCUT2D eigenvalue weighted by Gasteiger charge is -2.22. The van der Waals surface area contributed by atoms with Crippen molar-refractivity contribution in [2.45, 2.75) is 19.3 Å². The minimum Gasteiger partial charge on any atom is -0.456 e. The average molecular weight is 831 g/mol. The van der Waals surface area contributed by atoms with Crippen LogP contribution in [0.1, 0.15) is 25.0 Å². The van der Waals surface area contributed by atoms with Crippen molar-refractivity contribution in [3.05, 3.63) is 205 Å². The van der Waals surface area contributed by atoms with Gasteiger partial charge in [-0.15, -0.1) is 0 Å². The molecule has 0 atom stereocenters. The molecule has 0 N–H and O–H groups in total. The molecular weight excluding hydrogens is 793 g/mol. The molecule has 0 aliphatic heterocycles. The van der Waals surface area contributed by atoms with Gasteiger partial charge < -0.3 is 4.42 Å². The van der Waals surface area contributed by atoms with Crippen LogP contribution in [0.3, 0.4) is 0 Å². The van der Waals surface area contributed by atoms with E-state index in [1.54, 1.807) is 0 Å². The van der Waals surface area contributed by atoms with E-state index in [0.29, 0.717) is 17.6 Å². The molecule has 3 heterocycles. The molecule has 0 radical (unpaired) electrons. The van der Waals surface area contributed by atoms with E-state index < -0.39 is 0 Å². The summed E-state index contributed by atoms with van der Waals surface area (Å²) in [5, 5.41) is 11.5. The Balaban J connectivity index is 1.06. The summed E-state index contributed by atoms with van der Waals surface area (Å²) in [7, 11) is 0. The average Bonchev–Trinajstić information content (AvgIpc) is 3.98. The predicted molar refractivity (Wildman–Crippen MR) is 268 cm³/mol. The maximum absolute atomic E-state index is 6.42. The second-order valence-electron chi connectivity index (χ2n) is 18.0. The van der Waals surface area contributed by atoms with Gasteiger partial charge in [0.15, 0.2) is 11.6 Å². The third kappa shape index (κ3) is 5.24. The Hall–Kier alpha value is -8.41. The van der Waals surface area contributed by atoms with Gasteiger partial charge in [-0.1, -0.05) is 178 Å². The molecular formula is C60H38N4O. The third-order valence-electron chi connectivity index (χ3n) is 14.0. The van der Waals surface area contributed by atoms with E-state index in [-0.39, 0.29) is 5.41 Å². The Morgan fingerprint density at radius 3 is 1.83 bits per heavy atom. The Labute approximate surface area is 373 Å². The molecule has 0 unspecified atom stereocenters. The van der Waals surface area contributed by atoms with Crippen LogP contribution in [0.4, 0.5) is 0 Å². The largest absolute Gasteiger partial charge is 0.456 e. The zero-order valence-electron chi connectivity index (χ0n) is 35.7. The Morgan fingerprint density at radius 2 is 0.985 bits per heavy atom. The number of fused-ring (bicyclic) bond motifs is 14. The maximum Gasteiger partial charge on any atom is 0.238 e. The fourth-order valence-corrected chi connectivity index (χ4v) is 10.9. The highest BCUT2D eigenvalue weighted by molar-refractivity contribution is 6.21. The molecule has 1 aliphatic rings. The quantitative estimate of drug-likeness (QED) is 0.177. The fourth-order valence-electron chi connectivity index (χ4n) is 10.9. The molecule has 13 aromatic rings. The van der Waals surface area contributed by atoms with E-state index in [1.165, 1.54) is 33.0 Å². The van der Waals surface area contributed by atoms with Crippen molar-refractivity contribution in [2.24, 2.45) is 0 Å². The number of benzene rings is 10. The lowest BCUT2D eigenvalue weighted by atomic mass is 9.81. The van der Waals surface area contributed by atoms with Crippen molar-refractivity contribution in [1.82, 2.24) is 19.5 Å². The van der Waals surface area contributed by atoms with Crippen LogP contribution in [-0.2, 0) is 5.41 Å². The summed E-state index contributed by atoms with van der Waals surface area (Å²) in [5.41, 5.74) is 12.9. The molecule has 3 aromatic heterocycles. The zero-order chi connectivity index (χ0) is 43.0. The first-order chi connectivity index (χ1) is 32.0. The number of rotatable bonds is 4. The second-order valence-corrected chi connectivity index (χ2v) is 18.0. The van der Waals surface area contributed by atoms with Crippen LogP contribution in [-0.4, -0.2) is 19.5 Å². The fraction of sp³-hybridized carbons (Fsp3) is 0.0500. The van der Waals surface area contributed by atoms with Gasteiger partial charge in [-0.25, -0.2) is 4.98 Å². The summed E-state index contributed by atoms with van der Waals surface area (Å²) < 4.78 is 8.72. The molecule has 5 heteroatoms. The zero-order valence-corrected chi connectivity index (χ0v) is 35.7. The molecule has 0 saturated heterocycles. The van der Waals surface area contributed by atoms with Gasteiger partial charge in [-0.2, -0.15) is 9.97 Å². The molecule has 10 aromatic carbocycles. The number of hydrogen-bond acceptors (Lipinski definition) is 4. The normalized spacial score (nSPS) is 13.2. The molecule has 1 aliphatic carbocycles. The van der Waals surface area contributed by atoms with Crippen molar-refractivity contribution in [1.29, 1.82) is 0 Å². The smallest absolute Gasteiger partial charge is 0.238 e. The SMILES string of the molecule is CC1(C)c2cc(-c3cccc4c5ccc6ccccc6c5n(-c5nc(-c6ccc7ccccc7c6)nc(-c6ccc7c(c6)oc6ccccc67)n5)c34)ccc2-c2c1ccc1ccccc21. The highest BCUT2D eigenvalue weighted by atomic mass is 16.3. The molecule has 0 spiro atoms. The number of aromatic nitrogens is 4. The highest BCUT2D eigenvalue weighted by Gasteiger charge is 2.37. The van der Waals surface area contributed by atoms with Gasteiger partial charge in [-0.05, 0) is 85.1 Å². The van der Waals surface area contributed by atoms with Crippen LogP contribution in [0.15, 0.2) is 199 Å². The molecule has 0 bridgehead atoms. The topological polar surface area (TPSA) is 56.7 Å². The van der Waals surface area contributed by atoms with Crippen molar-refractivity contribution in [3.8, 4) is 51.0 Å². The minimum absolute atomic E-state index is 0.194. The van der Waals surface area contributed by atoms with Gasteiger partial charge >= 0.3 is 0 Å². The van der Waals surface area contributed by atoms with E-state index in [1.807, 2.05) is 18.2 Å². The number of para-hydroxylation sites is 2. The monoisotopic (exact) mass is 830 g/mol. The first-order valence-corrected chi connectivity index (χ1v) is 22.3. The summed E-state index contributed by atoms with van der Waals surface area (Å²) >= 11 is 0. The van der Waals surface area contributed by atoms with E-state index >= 15 is 0 Å². The molecule has 0 saturated carbocycles. The first kappa shape index (κ1) is 36.1. The highest BCUT2D eigenvalue weighted by Crippen LogP contribution is 2.53. The van der Waals surface area contributed by atoms with Gasteiger partial charge in [-0.3, -0.25) is 4.57 Å². The molecule has 0 amide bonds. The Bertz CT molecular complexity index is 4170. The molecule has 14 rings (SSSR count). The standard InChI is InChI=1S/C60H38N4O/c1-60(2)50-31-27-36-13-5-7-16-42(36)54(50)49-30-25-39(33-51(49)60)44-19-11-20-47-48-29-24-37-14-6-8-17-43(37)55(48)64(56(44)47)59-62-57(40-23-22-35-12-3-4-15-38(35)32-40)61-58(63-59)41-26-28-46-45-18-9-10-21-52(45)65-53(46)34-41/h3-34H,1-2H3. The van der Waals surface area contributed by atoms with Crippen LogP contribution < -0.4 is 0 Å². The van der Waals surface area contributed by atoms with Crippen LogP contribution in [0.2, 0.25) is 0 Å². The van der Waals surface area contributed by atoms with E-state index in [9.17, 15) is 0 Å². The van der Waals surface area contributed by atoms with Gasteiger partial charge in [0.25, 0.3) is 0 Å². The van der Waals surface area contributed by atoms with E-state index in [2.05, 4.69) is 194 Å². The van der Waals surface area contributed by atoms with E-state index in [0.717, 1.165) is 87.5 Å². The van der Waals surface area contributed by atoms with Crippen molar-refractivity contribution < 1.29 is 4.42 Å². The maximum atomic E-state index is 6.42. The number of furan rings is 1. The molecule has 0 fully saturated rings. The summed E-state index contributed by atoms with van der Waals surface area (Å²) in [4.78, 5) is 16.2. The van der Waals surface area contributed by atoms with Crippen LogP contribution in [0, 0.1) is 0 Å². The molecule has 5 nitrogen and oxygen atoms in total. The van der Waals surface area contributed by atoms with Crippen LogP contribution in [0.5, 0.6) is 0 Å². The van der Waals surface area contributed by atoms with Crippen molar-refractivity contribution >= 4 is 76.1 Å². The number of hydrogen-bond donors (Lipinski definition) is 0. The van der Waals surface area contributed by atoms with Gasteiger partial charge in [0.05, 0.1) is 11.0 Å². The minimum atomic E-state index is -0.194. The van der Waals surface area contributed by atoms with Crippen molar-refractivity contribution in [3.63, 3.8) is 0 Å². The lowest BCUT2D eigenvalue weighted by Crippen LogP contribution is -2.15. The Morgan fingerprint density at radius 1 is 0.385 bits per heavy atom. The predicted octanol–water partition coefficient (Wildman–Crippen LogP) is 15.6. The van der Waals surface area contributed by atoms with Crippen LogP contribution >= 0.6 is 0 Å². The Kier molecular flexibility index (Phi) is 7.39. The summed E-state index contributed by atoms with van der Waals surface area (Å²) in [6.45, 7) is 4.73. The third-order valence-corrected chi connectivity index (χ3v) is 14.0. The van der Waals surface area contributed by atoms with Gasteiger partial charge in [0.1, 0.15) is 11.2 Å². The first-order valence-electron chi connectivity index (χ1n) is 22.3. The van der Waals surface area contributed by atoms with Gasteiger partial charge in [0.2, 0.25) is 5.95 Å². The molecule has 65 heavy (non-hydrogen) atoms. The summed E-state index contributed by atoms with van der Waals surface area (Å²) in [6.07, 6.45) is 0. The van der Waals surface area contributed by atoms with Crippen molar-refractivity contribution in [2.75, 3.05) is 0 Å².